The third-order valence-electron chi connectivity index (χ3n) is 4.18. The number of hydrogen-bond donors (Lipinski definition) is 2. The lowest BCUT2D eigenvalue weighted by atomic mass is 9.86. The molecule has 19 heavy (non-hydrogen) atoms. The van der Waals surface area contributed by atoms with Gasteiger partial charge in [0.05, 0.1) is 11.3 Å². The molecule has 1 heterocycles. The van der Waals surface area contributed by atoms with E-state index in [1.54, 1.807) is 4.68 Å². The van der Waals surface area contributed by atoms with Gasteiger partial charge in [-0.05, 0) is 45.4 Å². The number of aromatic nitrogens is 2. The van der Waals surface area contributed by atoms with E-state index in [4.69, 9.17) is 5.73 Å². The third kappa shape index (κ3) is 3.15. The number of carbonyl (C=O) groups excluding carboxylic acids is 1. The van der Waals surface area contributed by atoms with E-state index in [9.17, 15) is 4.79 Å². The van der Waals surface area contributed by atoms with Gasteiger partial charge in [0.25, 0.3) is 5.91 Å². The Morgan fingerprint density at radius 2 is 2.00 bits per heavy atom. The molecule has 1 saturated carbocycles. The highest BCUT2D eigenvalue weighted by atomic mass is 16.1. The van der Waals surface area contributed by atoms with Gasteiger partial charge in [0, 0.05) is 25.3 Å². The summed E-state index contributed by atoms with van der Waals surface area (Å²) >= 11 is 0. The molecule has 1 aliphatic carbocycles. The van der Waals surface area contributed by atoms with E-state index < -0.39 is 0 Å². The molecule has 0 atom stereocenters. The molecule has 1 aliphatic rings. The van der Waals surface area contributed by atoms with E-state index in [1.165, 1.54) is 0 Å². The van der Waals surface area contributed by atoms with E-state index in [0.717, 1.165) is 49.2 Å². The Morgan fingerprint density at radius 1 is 1.37 bits per heavy atom. The molecule has 106 valence electrons. The number of nitrogens with zero attached hydrogens (tertiary/aromatic N) is 2. The highest BCUT2D eigenvalue weighted by molar-refractivity contribution is 5.96. The first-order valence-electron chi connectivity index (χ1n) is 7.03. The summed E-state index contributed by atoms with van der Waals surface area (Å²) in [5.41, 5.74) is 8.32. The lowest BCUT2D eigenvalue weighted by Crippen LogP contribution is -2.34. The molecule has 1 fully saturated rings. The predicted molar refractivity (Wildman–Crippen MR) is 74.9 cm³/mol. The standard InChI is InChI=1S/C14H24N4O/c1-9-13(10(2)18(3)17-9)14(19)16-8-11-4-6-12(15)7-5-11/h11-12H,4-8,15H2,1-3H3,(H,16,19). The number of aryl methyl sites for hydroxylation is 2. The fraction of sp³-hybridized carbons (Fsp3) is 0.714. The summed E-state index contributed by atoms with van der Waals surface area (Å²) in [6, 6.07) is 0.356. The molecular formula is C14H24N4O. The summed E-state index contributed by atoms with van der Waals surface area (Å²) in [5.74, 6) is 0.569. The number of rotatable bonds is 3. The summed E-state index contributed by atoms with van der Waals surface area (Å²) in [6.07, 6.45) is 4.38. The molecule has 1 aromatic heterocycles. The van der Waals surface area contributed by atoms with Crippen molar-refractivity contribution in [2.75, 3.05) is 6.54 Å². The second-order valence-electron chi connectivity index (χ2n) is 5.66. The van der Waals surface area contributed by atoms with Crippen molar-refractivity contribution in [2.45, 2.75) is 45.6 Å². The van der Waals surface area contributed by atoms with Crippen LogP contribution in [0.4, 0.5) is 0 Å². The second kappa shape index (κ2) is 5.74. The first-order valence-corrected chi connectivity index (χ1v) is 7.03. The molecular weight excluding hydrogens is 240 g/mol. The van der Waals surface area contributed by atoms with Crippen molar-refractivity contribution < 1.29 is 4.79 Å². The SMILES string of the molecule is Cc1nn(C)c(C)c1C(=O)NCC1CCC(N)CC1. The van der Waals surface area contributed by atoms with Crippen molar-refractivity contribution in [3.05, 3.63) is 17.0 Å². The van der Waals surface area contributed by atoms with E-state index in [2.05, 4.69) is 10.4 Å². The maximum Gasteiger partial charge on any atom is 0.255 e. The van der Waals surface area contributed by atoms with Gasteiger partial charge in [0.2, 0.25) is 0 Å². The van der Waals surface area contributed by atoms with Gasteiger partial charge in [0.15, 0.2) is 0 Å². The number of carbonyl (C=O) groups is 1. The Morgan fingerprint density at radius 3 is 2.53 bits per heavy atom. The van der Waals surface area contributed by atoms with Crippen molar-refractivity contribution in [1.82, 2.24) is 15.1 Å². The Hall–Kier alpha value is -1.36. The monoisotopic (exact) mass is 264 g/mol. The normalized spacial score (nSPS) is 23.4. The minimum atomic E-state index is -0.00188. The zero-order valence-corrected chi connectivity index (χ0v) is 12.1. The Kier molecular flexibility index (Phi) is 4.24. The van der Waals surface area contributed by atoms with Crippen LogP contribution < -0.4 is 11.1 Å². The van der Waals surface area contributed by atoms with E-state index in [1.807, 2.05) is 20.9 Å². The van der Waals surface area contributed by atoms with Crippen LogP contribution in [-0.2, 0) is 7.05 Å². The van der Waals surface area contributed by atoms with Gasteiger partial charge >= 0.3 is 0 Å². The summed E-state index contributed by atoms with van der Waals surface area (Å²) in [6.45, 7) is 4.55. The van der Waals surface area contributed by atoms with Gasteiger partial charge in [-0.2, -0.15) is 5.10 Å². The third-order valence-corrected chi connectivity index (χ3v) is 4.18. The average Bonchev–Trinajstić information content (AvgIpc) is 2.62. The molecule has 0 spiro atoms. The summed E-state index contributed by atoms with van der Waals surface area (Å²) < 4.78 is 1.75. The van der Waals surface area contributed by atoms with E-state index >= 15 is 0 Å². The molecule has 0 unspecified atom stereocenters. The van der Waals surface area contributed by atoms with Crippen molar-refractivity contribution in [1.29, 1.82) is 0 Å². The lowest BCUT2D eigenvalue weighted by Gasteiger charge is -2.26. The quantitative estimate of drug-likeness (QED) is 0.864. The van der Waals surface area contributed by atoms with Crippen LogP contribution in [0.15, 0.2) is 0 Å². The molecule has 0 saturated heterocycles. The van der Waals surface area contributed by atoms with Crippen molar-refractivity contribution >= 4 is 5.91 Å². The van der Waals surface area contributed by atoms with Crippen LogP contribution in [-0.4, -0.2) is 28.3 Å². The van der Waals surface area contributed by atoms with Crippen molar-refractivity contribution in [3.8, 4) is 0 Å². The topological polar surface area (TPSA) is 72.9 Å². The number of amides is 1. The van der Waals surface area contributed by atoms with E-state index in [0.29, 0.717) is 12.0 Å². The summed E-state index contributed by atoms with van der Waals surface area (Å²) in [7, 11) is 1.86. The number of hydrogen-bond acceptors (Lipinski definition) is 3. The fourth-order valence-electron chi connectivity index (χ4n) is 2.82. The van der Waals surface area contributed by atoms with Crippen LogP contribution in [0.5, 0.6) is 0 Å². The van der Waals surface area contributed by atoms with Gasteiger partial charge < -0.3 is 11.1 Å². The van der Waals surface area contributed by atoms with Crippen LogP contribution in [0.3, 0.4) is 0 Å². The minimum absolute atomic E-state index is 0.00188. The van der Waals surface area contributed by atoms with Crippen molar-refractivity contribution in [3.63, 3.8) is 0 Å². The molecule has 5 heteroatoms. The average molecular weight is 264 g/mol. The molecule has 1 amide bonds. The van der Waals surface area contributed by atoms with Crippen molar-refractivity contribution in [2.24, 2.45) is 18.7 Å². The van der Waals surface area contributed by atoms with E-state index in [-0.39, 0.29) is 5.91 Å². The molecule has 3 N–H and O–H groups in total. The lowest BCUT2D eigenvalue weighted by molar-refractivity contribution is 0.0941. The molecule has 1 aromatic rings. The Balaban J connectivity index is 1.91. The van der Waals surface area contributed by atoms with Gasteiger partial charge in [0.1, 0.15) is 0 Å². The molecule has 5 nitrogen and oxygen atoms in total. The number of nitrogens with two attached hydrogens (primary N) is 1. The summed E-state index contributed by atoms with van der Waals surface area (Å²) in [5, 5.41) is 7.32. The van der Waals surface area contributed by atoms with Crippen LogP contribution >= 0.6 is 0 Å². The molecule has 0 aliphatic heterocycles. The number of nitrogens with one attached hydrogen (secondary N) is 1. The van der Waals surface area contributed by atoms with Crippen LogP contribution in [0.2, 0.25) is 0 Å². The largest absolute Gasteiger partial charge is 0.352 e. The van der Waals surface area contributed by atoms with Crippen LogP contribution in [0, 0.1) is 19.8 Å². The smallest absolute Gasteiger partial charge is 0.255 e. The molecule has 0 bridgehead atoms. The second-order valence-corrected chi connectivity index (χ2v) is 5.66. The van der Waals surface area contributed by atoms with Gasteiger partial charge in [-0.1, -0.05) is 0 Å². The molecule has 0 aromatic carbocycles. The molecule has 2 rings (SSSR count). The maximum atomic E-state index is 12.2. The van der Waals surface area contributed by atoms with Gasteiger partial charge in [-0.3, -0.25) is 9.48 Å². The van der Waals surface area contributed by atoms with Crippen LogP contribution in [0.1, 0.15) is 47.4 Å². The minimum Gasteiger partial charge on any atom is -0.352 e. The fourth-order valence-corrected chi connectivity index (χ4v) is 2.82. The zero-order chi connectivity index (χ0) is 14.0. The maximum absolute atomic E-state index is 12.2. The Bertz CT molecular complexity index is 458. The highest BCUT2D eigenvalue weighted by Crippen LogP contribution is 2.22. The summed E-state index contributed by atoms with van der Waals surface area (Å²) in [4.78, 5) is 12.2. The first kappa shape index (κ1) is 14.1. The first-order chi connectivity index (χ1) is 8.99. The van der Waals surface area contributed by atoms with Gasteiger partial charge in [-0.25, -0.2) is 0 Å². The van der Waals surface area contributed by atoms with Gasteiger partial charge in [-0.15, -0.1) is 0 Å². The zero-order valence-electron chi connectivity index (χ0n) is 12.1. The predicted octanol–water partition coefficient (Wildman–Crippen LogP) is 1.28. The Labute approximate surface area is 114 Å². The molecule has 0 radical (unpaired) electrons. The highest BCUT2D eigenvalue weighted by Gasteiger charge is 2.21. The van der Waals surface area contributed by atoms with Crippen LogP contribution in [0.25, 0.3) is 0 Å².